The Bertz CT molecular complexity index is 755. The molecule has 0 unspecified atom stereocenters. The van der Waals surface area contributed by atoms with Crippen LogP contribution in [0.15, 0.2) is 48.5 Å². The van der Waals surface area contributed by atoms with Crippen molar-refractivity contribution < 1.29 is 14.4 Å². The number of alkyl halides is 2. The molecule has 166 valence electrons. The van der Waals surface area contributed by atoms with Crippen LogP contribution in [0.25, 0.3) is 0 Å². The Kier molecular flexibility index (Phi) is 20.2. The maximum absolute atomic E-state index is 10.6. The molecule has 3 N–H and O–H groups in total. The van der Waals surface area contributed by atoms with Gasteiger partial charge in [0.2, 0.25) is 0 Å². The molecule has 0 aliphatic rings. The number of hydrogen-bond donors (Lipinski definition) is 2. The summed E-state index contributed by atoms with van der Waals surface area (Å²) in [5, 5.41) is 4.19. The Morgan fingerprint density at radius 2 is 1.30 bits per heavy atom. The van der Waals surface area contributed by atoms with E-state index in [0.717, 1.165) is 5.69 Å². The first-order chi connectivity index (χ1) is 14.0. The van der Waals surface area contributed by atoms with Crippen molar-refractivity contribution in [3.8, 4) is 0 Å². The van der Waals surface area contributed by atoms with Crippen LogP contribution in [0.4, 0.5) is 11.4 Å². The number of Topliss-reactive ketones (excluding diaryl/α,β-unsaturated/α-hetero) is 3. The van der Waals surface area contributed by atoms with E-state index in [1.54, 1.807) is 25.1 Å². The molecule has 0 saturated carbocycles. The Hall–Kier alpha value is -1.35. The highest BCUT2D eigenvalue weighted by Gasteiger charge is 1.97. The Morgan fingerprint density at radius 1 is 0.867 bits per heavy atom. The van der Waals surface area contributed by atoms with Crippen LogP contribution in [0.5, 0.6) is 0 Å². The van der Waals surface area contributed by atoms with E-state index in [-0.39, 0.29) is 23.2 Å². The number of para-hydroxylation sites is 2. The average molecular weight is 588 g/mol. The molecule has 2 rings (SSSR count). The van der Waals surface area contributed by atoms with Crippen molar-refractivity contribution in [1.29, 1.82) is 0 Å². The number of nitrogens with two attached hydrogens (primary N) is 1. The van der Waals surface area contributed by atoms with Gasteiger partial charge in [-0.15, -0.1) is 11.6 Å². The summed E-state index contributed by atoms with van der Waals surface area (Å²) in [5.41, 5.74) is 6.82. The van der Waals surface area contributed by atoms with Gasteiger partial charge in [0.05, 0.1) is 38.3 Å². The maximum atomic E-state index is 10.6. The van der Waals surface area contributed by atoms with Crippen molar-refractivity contribution in [3.63, 3.8) is 0 Å². The van der Waals surface area contributed by atoms with E-state index in [1.807, 2.05) is 52.9 Å². The number of nitrogens with one attached hydrogen (secondary N) is 1. The lowest BCUT2D eigenvalue weighted by molar-refractivity contribution is -0.116. The summed E-state index contributed by atoms with van der Waals surface area (Å²) >= 11 is 18.4. The van der Waals surface area contributed by atoms with Crippen LogP contribution in [-0.2, 0) is 14.4 Å². The molecule has 0 spiro atoms. The number of carbonyl (C=O) groups is 3. The van der Waals surface area contributed by atoms with Crippen LogP contribution in [0.1, 0.15) is 20.8 Å². The van der Waals surface area contributed by atoms with E-state index >= 15 is 0 Å². The highest BCUT2D eigenvalue weighted by molar-refractivity contribution is 14.1. The van der Waals surface area contributed by atoms with E-state index in [9.17, 15) is 14.4 Å². The lowest BCUT2D eigenvalue weighted by atomic mass is 10.3. The van der Waals surface area contributed by atoms with Crippen molar-refractivity contribution in [1.82, 2.24) is 0 Å². The van der Waals surface area contributed by atoms with Crippen molar-refractivity contribution >= 4 is 86.1 Å². The van der Waals surface area contributed by atoms with Crippen molar-refractivity contribution in [2.75, 3.05) is 27.9 Å². The Labute approximate surface area is 206 Å². The minimum absolute atomic E-state index is 0.0201. The third-order valence-electron chi connectivity index (χ3n) is 2.68. The Balaban J connectivity index is 0. The van der Waals surface area contributed by atoms with Crippen molar-refractivity contribution in [2.45, 2.75) is 20.8 Å². The first-order valence-corrected chi connectivity index (χ1v) is 11.4. The second kappa shape index (κ2) is 19.6. The van der Waals surface area contributed by atoms with Crippen LogP contribution < -0.4 is 11.1 Å². The fourth-order valence-corrected chi connectivity index (χ4v) is 1.64. The lowest BCUT2D eigenvalue weighted by Gasteiger charge is -2.04. The van der Waals surface area contributed by atoms with E-state index in [4.69, 9.17) is 40.5 Å². The first-order valence-electron chi connectivity index (χ1n) is 8.63. The molecule has 0 fully saturated rings. The van der Waals surface area contributed by atoms with Gasteiger partial charge in [0.25, 0.3) is 0 Å². The summed E-state index contributed by atoms with van der Waals surface area (Å²) < 4.78 is 0.637. The van der Waals surface area contributed by atoms with Gasteiger partial charge in [-0.25, -0.2) is 0 Å². The molecule has 0 aromatic heterocycles. The van der Waals surface area contributed by atoms with Gasteiger partial charge in [0.15, 0.2) is 0 Å². The topological polar surface area (TPSA) is 89.3 Å². The molecule has 5 nitrogen and oxygen atoms in total. The molecular weight excluding hydrogens is 562 g/mol. The monoisotopic (exact) mass is 586 g/mol. The molecule has 2 aromatic rings. The standard InChI is InChI=1S/C9H10ClNO.C6H6ClN.C3H5ClO.C3H5IO/c1-7(12)6-11-9-5-3-2-4-8(9)10;7-5-3-1-2-4-6(5)8;2*1-3(5)2-4/h2-5,11H,6H2,1H3;1-4H,8H2;2*2H2,1H3. The highest BCUT2D eigenvalue weighted by Crippen LogP contribution is 2.19. The van der Waals surface area contributed by atoms with E-state index in [1.165, 1.54) is 13.8 Å². The molecule has 9 heteroatoms. The Morgan fingerprint density at radius 3 is 1.60 bits per heavy atom. The van der Waals surface area contributed by atoms with Gasteiger partial charge >= 0.3 is 0 Å². The van der Waals surface area contributed by atoms with Crippen molar-refractivity contribution in [2.24, 2.45) is 0 Å². The average Bonchev–Trinajstić information content (AvgIpc) is 2.71. The van der Waals surface area contributed by atoms with Gasteiger partial charge in [0.1, 0.15) is 17.3 Å². The van der Waals surface area contributed by atoms with Crippen LogP contribution in [0, 0.1) is 0 Å². The van der Waals surface area contributed by atoms with E-state index < -0.39 is 0 Å². The quantitative estimate of drug-likeness (QED) is 0.251. The summed E-state index contributed by atoms with van der Waals surface area (Å²) in [5.74, 6) is 0.493. The fraction of sp³-hybridized carbons (Fsp3) is 0.286. The van der Waals surface area contributed by atoms with Gasteiger partial charge in [-0.1, -0.05) is 70.1 Å². The number of hydrogen-bond acceptors (Lipinski definition) is 5. The summed E-state index contributed by atoms with van der Waals surface area (Å²) in [6.45, 7) is 4.88. The van der Waals surface area contributed by atoms with Gasteiger partial charge in [0, 0.05) is 0 Å². The number of rotatable bonds is 5. The molecule has 0 atom stereocenters. The first kappa shape index (κ1) is 30.8. The minimum Gasteiger partial charge on any atom is -0.398 e. The molecular formula is C21H26Cl3IN2O3. The molecule has 0 bridgehead atoms. The zero-order valence-electron chi connectivity index (χ0n) is 17.1. The number of carbonyl (C=O) groups excluding carboxylic acids is 3. The summed E-state index contributed by atoms with van der Waals surface area (Å²) in [7, 11) is 0. The third kappa shape index (κ3) is 19.9. The summed E-state index contributed by atoms with van der Waals surface area (Å²) in [6, 6.07) is 14.6. The molecule has 0 amide bonds. The number of anilines is 2. The predicted molar refractivity (Wildman–Crippen MR) is 137 cm³/mol. The number of halogens is 4. The van der Waals surface area contributed by atoms with E-state index in [2.05, 4.69) is 5.32 Å². The molecule has 2 aromatic carbocycles. The van der Waals surface area contributed by atoms with Crippen LogP contribution in [0.3, 0.4) is 0 Å². The van der Waals surface area contributed by atoms with E-state index in [0.29, 0.717) is 26.7 Å². The van der Waals surface area contributed by atoms with Crippen LogP contribution >= 0.6 is 57.4 Å². The molecule has 0 aliphatic heterocycles. The summed E-state index contributed by atoms with van der Waals surface area (Å²) in [4.78, 5) is 30.1. The van der Waals surface area contributed by atoms with Crippen LogP contribution in [-0.4, -0.2) is 34.2 Å². The van der Waals surface area contributed by atoms with Crippen LogP contribution in [0.2, 0.25) is 10.0 Å². The number of benzene rings is 2. The van der Waals surface area contributed by atoms with Gasteiger partial charge < -0.3 is 11.1 Å². The predicted octanol–water partition coefficient (Wildman–Crippen LogP) is 6.09. The number of ketones is 3. The van der Waals surface area contributed by atoms with Gasteiger partial charge in [-0.2, -0.15) is 0 Å². The van der Waals surface area contributed by atoms with Gasteiger partial charge in [-0.3, -0.25) is 14.4 Å². The zero-order chi connectivity index (χ0) is 23.5. The maximum Gasteiger partial charge on any atom is 0.148 e. The normalized spacial score (nSPS) is 8.77. The highest BCUT2D eigenvalue weighted by atomic mass is 127. The molecule has 0 heterocycles. The zero-order valence-corrected chi connectivity index (χ0v) is 21.5. The summed E-state index contributed by atoms with van der Waals surface area (Å²) in [6.07, 6.45) is 0. The van der Waals surface area contributed by atoms with Crippen molar-refractivity contribution in [3.05, 3.63) is 58.6 Å². The fourth-order valence-electron chi connectivity index (χ4n) is 1.30. The lowest BCUT2D eigenvalue weighted by Crippen LogP contribution is -2.09. The molecule has 0 aliphatic carbocycles. The second-order valence-electron chi connectivity index (χ2n) is 5.73. The number of nitrogen functional groups attached to an aromatic ring is 1. The molecule has 30 heavy (non-hydrogen) atoms. The SMILES string of the molecule is CC(=O)CCl.CC(=O)CI.CC(=O)CNc1ccccc1Cl.Nc1ccccc1Cl. The second-order valence-corrected chi connectivity index (χ2v) is 7.57. The molecule has 0 radical (unpaired) electrons. The van der Waals surface area contributed by atoms with Gasteiger partial charge in [-0.05, 0) is 45.0 Å². The largest absolute Gasteiger partial charge is 0.398 e. The molecule has 0 saturated heterocycles. The third-order valence-corrected chi connectivity index (χ3v) is 4.81. The minimum atomic E-state index is 0.0201. The smallest absolute Gasteiger partial charge is 0.148 e.